The van der Waals surface area contributed by atoms with Crippen LogP contribution in [0.15, 0.2) is 28.6 Å². The van der Waals surface area contributed by atoms with Gasteiger partial charge >= 0.3 is 0 Å². The third-order valence-electron chi connectivity index (χ3n) is 1.40. The standard InChI is InChI=1S/C11H20N2O/c1-9(8-12)6-7-10(13-5)14-11(2,3)4/h6-7H,5,8,12H2,1-4H3/b9-6+,10-7+. The molecule has 3 heteroatoms. The van der Waals surface area contributed by atoms with Crippen molar-refractivity contribution in [1.82, 2.24) is 0 Å². The Balaban J connectivity index is 4.49. The second-order valence-corrected chi connectivity index (χ2v) is 4.09. The highest BCUT2D eigenvalue weighted by atomic mass is 16.5. The maximum absolute atomic E-state index is 5.53. The van der Waals surface area contributed by atoms with Crippen molar-refractivity contribution in [3.63, 3.8) is 0 Å². The van der Waals surface area contributed by atoms with E-state index in [0.717, 1.165) is 5.57 Å². The molecule has 0 radical (unpaired) electrons. The zero-order chi connectivity index (χ0) is 11.2. The molecule has 0 fully saturated rings. The summed E-state index contributed by atoms with van der Waals surface area (Å²) >= 11 is 0. The molecule has 0 aliphatic rings. The summed E-state index contributed by atoms with van der Waals surface area (Å²) in [6.07, 6.45) is 3.66. The molecule has 3 nitrogen and oxygen atoms in total. The Morgan fingerprint density at radius 1 is 1.43 bits per heavy atom. The van der Waals surface area contributed by atoms with E-state index < -0.39 is 0 Å². The van der Waals surface area contributed by atoms with E-state index in [1.54, 1.807) is 6.08 Å². The largest absolute Gasteiger partial charge is 0.472 e. The predicted octanol–water partition coefficient (Wildman–Crippen LogP) is 2.25. The second-order valence-electron chi connectivity index (χ2n) is 4.09. The van der Waals surface area contributed by atoms with E-state index in [4.69, 9.17) is 10.5 Å². The first-order valence-corrected chi connectivity index (χ1v) is 4.62. The highest BCUT2D eigenvalue weighted by Gasteiger charge is 2.11. The van der Waals surface area contributed by atoms with Crippen LogP contribution in [0, 0.1) is 0 Å². The van der Waals surface area contributed by atoms with Crippen molar-refractivity contribution in [2.75, 3.05) is 6.54 Å². The number of rotatable bonds is 4. The molecule has 0 amide bonds. The van der Waals surface area contributed by atoms with Gasteiger partial charge in [0.2, 0.25) is 5.88 Å². The molecule has 0 saturated heterocycles. The first-order valence-electron chi connectivity index (χ1n) is 4.62. The van der Waals surface area contributed by atoms with Gasteiger partial charge in [0.25, 0.3) is 0 Å². The lowest BCUT2D eigenvalue weighted by atomic mass is 10.2. The van der Waals surface area contributed by atoms with E-state index in [1.807, 2.05) is 33.8 Å². The lowest BCUT2D eigenvalue weighted by molar-refractivity contribution is 0.0514. The van der Waals surface area contributed by atoms with Crippen molar-refractivity contribution in [3.05, 3.63) is 23.6 Å². The van der Waals surface area contributed by atoms with Crippen LogP contribution in [-0.4, -0.2) is 18.9 Å². The number of hydrogen-bond donors (Lipinski definition) is 1. The molecular weight excluding hydrogens is 176 g/mol. The fraction of sp³-hybridized carbons (Fsp3) is 0.545. The van der Waals surface area contributed by atoms with Crippen LogP contribution in [0.5, 0.6) is 0 Å². The van der Waals surface area contributed by atoms with Crippen LogP contribution in [0.4, 0.5) is 0 Å². The molecule has 0 atom stereocenters. The van der Waals surface area contributed by atoms with Crippen molar-refractivity contribution in [2.24, 2.45) is 10.7 Å². The van der Waals surface area contributed by atoms with Gasteiger partial charge in [0.05, 0.1) is 0 Å². The summed E-state index contributed by atoms with van der Waals surface area (Å²) in [6.45, 7) is 11.8. The fourth-order valence-electron chi connectivity index (χ4n) is 0.714. The minimum absolute atomic E-state index is 0.252. The van der Waals surface area contributed by atoms with Crippen LogP contribution < -0.4 is 5.73 Å². The van der Waals surface area contributed by atoms with E-state index in [-0.39, 0.29) is 5.60 Å². The zero-order valence-corrected chi connectivity index (χ0v) is 9.50. The Hall–Kier alpha value is -1.09. The van der Waals surface area contributed by atoms with Crippen LogP contribution in [0.3, 0.4) is 0 Å². The molecule has 0 unspecified atom stereocenters. The van der Waals surface area contributed by atoms with Crippen molar-refractivity contribution in [2.45, 2.75) is 33.3 Å². The molecule has 0 heterocycles. The highest BCUT2D eigenvalue weighted by Crippen LogP contribution is 2.14. The summed E-state index contributed by atoms with van der Waals surface area (Å²) in [7, 11) is 0. The number of allylic oxidation sites excluding steroid dienone is 2. The van der Waals surface area contributed by atoms with E-state index in [1.165, 1.54) is 0 Å². The quantitative estimate of drug-likeness (QED) is 0.426. The number of nitrogens with two attached hydrogens (primary N) is 1. The Kier molecular flexibility index (Phi) is 5.16. The Morgan fingerprint density at radius 3 is 2.36 bits per heavy atom. The van der Waals surface area contributed by atoms with Gasteiger partial charge in [0, 0.05) is 12.6 Å². The maximum atomic E-state index is 5.53. The van der Waals surface area contributed by atoms with Crippen LogP contribution in [-0.2, 0) is 4.74 Å². The van der Waals surface area contributed by atoms with E-state index >= 15 is 0 Å². The summed E-state index contributed by atoms with van der Waals surface area (Å²) < 4.78 is 5.53. The van der Waals surface area contributed by atoms with Crippen molar-refractivity contribution < 1.29 is 4.74 Å². The third kappa shape index (κ3) is 6.43. The van der Waals surface area contributed by atoms with Gasteiger partial charge in [-0.25, -0.2) is 4.99 Å². The van der Waals surface area contributed by atoms with Crippen molar-refractivity contribution in [3.8, 4) is 0 Å². The van der Waals surface area contributed by atoms with E-state index in [0.29, 0.717) is 12.4 Å². The maximum Gasteiger partial charge on any atom is 0.213 e. The minimum atomic E-state index is -0.252. The van der Waals surface area contributed by atoms with Gasteiger partial charge in [-0.15, -0.1) is 0 Å². The molecule has 0 spiro atoms. The molecule has 0 aliphatic carbocycles. The normalized spacial score (nSPS) is 14.1. The molecule has 0 aliphatic heterocycles. The zero-order valence-electron chi connectivity index (χ0n) is 9.50. The van der Waals surface area contributed by atoms with Gasteiger partial charge in [0.15, 0.2) is 0 Å². The SMILES string of the molecule is C=N/C(=C\C=C(/C)CN)OC(C)(C)C. The lowest BCUT2D eigenvalue weighted by Crippen LogP contribution is -2.18. The number of hydrogen-bond acceptors (Lipinski definition) is 3. The van der Waals surface area contributed by atoms with Crippen LogP contribution in [0.1, 0.15) is 27.7 Å². The van der Waals surface area contributed by atoms with E-state index in [2.05, 4.69) is 11.7 Å². The molecule has 0 aromatic rings. The second kappa shape index (κ2) is 5.60. The minimum Gasteiger partial charge on any atom is -0.472 e. The summed E-state index contributed by atoms with van der Waals surface area (Å²) in [6, 6.07) is 0. The average molecular weight is 196 g/mol. The van der Waals surface area contributed by atoms with Gasteiger partial charge in [-0.05, 0) is 34.4 Å². The van der Waals surface area contributed by atoms with Gasteiger partial charge in [0.1, 0.15) is 5.60 Å². The molecule has 0 saturated carbocycles. The lowest BCUT2D eigenvalue weighted by Gasteiger charge is -2.20. The molecule has 14 heavy (non-hydrogen) atoms. The number of ether oxygens (including phenoxy) is 1. The predicted molar refractivity (Wildman–Crippen MR) is 61.3 cm³/mol. The highest BCUT2D eigenvalue weighted by molar-refractivity contribution is 5.29. The summed E-state index contributed by atoms with van der Waals surface area (Å²) in [5, 5.41) is 0. The monoisotopic (exact) mass is 196 g/mol. The topological polar surface area (TPSA) is 47.6 Å². The molecular formula is C11H20N2O. The molecule has 0 bridgehead atoms. The fourth-order valence-corrected chi connectivity index (χ4v) is 0.714. The first kappa shape index (κ1) is 12.9. The Labute approximate surface area is 86.4 Å². The summed E-state index contributed by atoms with van der Waals surface area (Å²) in [4.78, 5) is 3.78. The molecule has 0 aromatic carbocycles. The smallest absolute Gasteiger partial charge is 0.213 e. The van der Waals surface area contributed by atoms with Crippen molar-refractivity contribution >= 4 is 6.72 Å². The van der Waals surface area contributed by atoms with Crippen LogP contribution >= 0.6 is 0 Å². The average Bonchev–Trinajstić information content (AvgIpc) is 2.09. The molecule has 2 N–H and O–H groups in total. The Bertz CT molecular complexity index is 247. The van der Waals surface area contributed by atoms with Crippen LogP contribution in [0.25, 0.3) is 0 Å². The number of nitrogens with zero attached hydrogens (tertiary/aromatic N) is 1. The van der Waals surface area contributed by atoms with Gasteiger partial charge in [-0.2, -0.15) is 0 Å². The van der Waals surface area contributed by atoms with Crippen LogP contribution in [0.2, 0.25) is 0 Å². The first-order chi connectivity index (χ1) is 6.39. The van der Waals surface area contributed by atoms with Gasteiger partial charge in [-0.1, -0.05) is 11.6 Å². The van der Waals surface area contributed by atoms with Crippen molar-refractivity contribution in [1.29, 1.82) is 0 Å². The molecule has 0 rings (SSSR count). The molecule has 0 aromatic heterocycles. The number of aliphatic imine (C=N–C) groups is 1. The van der Waals surface area contributed by atoms with E-state index in [9.17, 15) is 0 Å². The van der Waals surface area contributed by atoms with Gasteiger partial charge < -0.3 is 10.5 Å². The summed E-state index contributed by atoms with van der Waals surface area (Å²) in [5.41, 5.74) is 6.26. The third-order valence-corrected chi connectivity index (χ3v) is 1.40. The molecule has 80 valence electrons. The Morgan fingerprint density at radius 2 is 2.00 bits per heavy atom. The summed E-state index contributed by atoms with van der Waals surface area (Å²) in [5.74, 6) is 0.519. The van der Waals surface area contributed by atoms with Gasteiger partial charge in [-0.3, -0.25) is 0 Å².